The van der Waals surface area contributed by atoms with Gasteiger partial charge in [0.2, 0.25) is 0 Å². The van der Waals surface area contributed by atoms with Crippen LogP contribution in [0, 0.1) is 0 Å². The number of rotatable bonds is 2. The van der Waals surface area contributed by atoms with Crippen molar-refractivity contribution in [2.24, 2.45) is 0 Å². The predicted molar refractivity (Wildman–Crippen MR) is 67.4 cm³/mol. The summed E-state index contributed by atoms with van der Waals surface area (Å²) in [7, 11) is 0. The lowest BCUT2D eigenvalue weighted by molar-refractivity contribution is 1.59. The van der Waals surface area contributed by atoms with Crippen LogP contribution in [-0.4, -0.2) is 0 Å². The summed E-state index contributed by atoms with van der Waals surface area (Å²) in [5.74, 6) is 0. The van der Waals surface area contributed by atoms with Gasteiger partial charge in [0.05, 0.1) is 0 Å². The van der Waals surface area contributed by atoms with E-state index in [0.717, 1.165) is 11.1 Å². The van der Waals surface area contributed by atoms with Crippen LogP contribution in [0.3, 0.4) is 0 Å². The Hall–Kier alpha value is -1.82. The fourth-order valence-corrected chi connectivity index (χ4v) is 2.01. The molecule has 0 nitrogen and oxygen atoms in total. The molecule has 0 saturated carbocycles. The average Bonchev–Trinajstić information content (AvgIpc) is 2.54. The molecule has 74 valence electrons. The molecule has 0 heterocycles. The Morgan fingerprint density at radius 1 is 1.07 bits per heavy atom. The summed E-state index contributed by atoms with van der Waals surface area (Å²) in [5.41, 5.74) is 5.94. The van der Waals surface area contributed by atoms with Crippen LogP contribution in [-0.2, 0) is 0 Å². The molecule has 15 heavy (non-hydrogen) atoms. The van der Waals surface area contributed by atoms with Gasteiger partial charge in [0.15, 0.2) is 0 Å². The molecule has 1 aromatic carbocycles. The fourth-order valence-electron chi connectivity index (χ4n) is 2.01. The molecule has 0 aliphatic heterocycles. The molecular weight excluding hydrogens is 180 g/mol. The number of hydrogen-bond acceptors (Lipinski definition) is 0. The van der Waals surface area contributed by atoms with E-state index in [1.54, 1.807) is 0 Å². The first-order valence-corrected chi connectivity index (χ1v) is 5.08. The van der Waals surface area contributed by atoms with Gasteiger partial charge in [-0.1, -0.05) is 55.7 Å². The van der Waals surface area contributed by atoms with E-state index in [1.165, 1.54) is 16.7 Å². The Balaban J connectivity index is 2.70. The lowest BCUT2D eigenvalue weighted by atomic mass is 10.0. The second kappa shape index (κ2) is 3.74. The van der Waals surface area contributed by atoms with Crippen LogP contribution in [0.15, 0.2) is 61.2 Å². The van der Waals surface area contributed by atoms with Crippen LogP contribution in [0.2, 0.25) is 0 Å². The maximum atomic E-state index is 4.12. The highest BCUT2D eigenvalue weighted by Gasteiger charge is 2.20. The molecule has 0 atom stereocenters. The van der Waals surface area contributed by atoms with Crippen molar-refractivity contribution in [2.75, 3.05) is 0 Å². The lowest BCUT2D eigenvalue weighted by Gasteiger charge is -1.99. The third-order valence-corrected chi connectivity index (χ3v) is 2.70. The second-order valence-corrected chi connectivity index (χ2v) is 3.56. The molecule has 0 aromatic heterocycles. The third-order valence-electron chi connectivity index (χ3n) is 2.70. The quantitative estimate of drug-likeness (QED) is 0.661. The molecule has 2 rings (SSSR count). The minimum Gasteiger partial charge on any atom is -0.0984 e. The van der Waals surface area contributed by atoms with E-state index >= 15 is 0 Å². The Morgan fingerprint density at radius 2 is 1.73 bits per heavy atom. The SMILES string of the molecule is C=CC1=C(/C=C\C)c2ccccc2C1=C. The maximum absolute atomic E-state index is 4.12. The molecule has 0 amide bonds. The molecule has 0 saturated heterocycles. The first-order valence-electron chi connectivity index (χ1n) is 5.08. The Bertz CT molecular complexity index is 485. The molecule has 0 heteroatoms. The van der Waals surface area contributed by atoms with Gasteiger partial charge in [0.25, 0.3) is 0 Å². The van der Waals surface area contributed by atoms with Gasteiger partial charge in [-0.3, -0.25) is 0 Å². The molecule has 0 fully saturated rings. The predicted octanol–water partition coefficient (Wildman–Crippen LogP) is 4.23. The number of allylic oxidation sites excluding steroid dienone is 6. The first kappa shape index (κ1) is 9.72. The zero-order valence-corrected chi connectivity index (χ0v) is 8.96. The van der Waals surface area contributed by atoms with Gasteiger partial charge < -0.3 is 0 Å². The number of fused-ring (bicyclic) bond motifs is 1. The topological polar surface area (TPSA) is 0 Å². The molecular formula is C15H14. The van der Waals surface area contributed by atoms with Crippen molar-refractivity contribution >= 4 is 11.1 Å². The van der Waals surface area contributed by atoms with Crippen LogP contribution < -0.4 is 0 Å². The minimum absolute atomic E-state index is 1.08. The van der Waals surface area contributed by atoms with Gasteiger partial charge in [-0.2, -0.15) is 0 Å². The van der Waals surface area contributed by atoms with Crippen molar-refractivity contribution in [3.63, 3.8) is 0 Å². The van der Waals surface area contributed by atoms with Gasteiger partial charge >= 0.3 is 0 Å². The Kier molecular flexibility index (Phi) is 2.42. The van der Waals surface area contributed by atoms with Crippen molar-refractivity contribution in [1.82, 2.24) is 0 Å². The van der Waals surface area contributed by atoms with Gasteiger partial charge in [-0.25, -0.2) is 0 Å². The highest BCUT2D eigenvalue weighted by Crippen LogP contribution is 2.41. The molecule has 1 aliphatic rings. The fraction of sp³-hybridized carbons (Fsp3) is 0.0667. The Morgan fingerprint density at radius 3 is 2.33 bits per heavy atom. The van der Waals surface area contributed by atoms with Crippen molar-refractivity contribution in [1.29, 1.82) is 0 Å². The summed E-state index contributed by atoms with van der Waals surface area (Å²) in [4.78, 5) is 0. The summed E-state index contributed by atoms with van der Waals surface area (Å²) in [5, 5.41) is 0. The molecule has 1 aromatic rings. The van der Waals surface area contributed by atoms with E-state index in [4.69, 9.17) is 0 Å². The zero-order valence-electron chi connectivity index (χ0n) is 8.96. The second-order valence-electron chi connectivity index (χ2n) is 3.56. The van der Waals surface area contributed by atoms with Gasteiger partial charge in [0, 0.05) is 0 Å². The van der Waals surface area contributed by atoms with Crippen molar-refractivity contribution in [3.8, 4) is 0 Å². The van der Waals surface area contributed by atoms with Gasteiger partial charge in [0.1, 0.15) is 0 Å². The summed E-state index contributed by atoms with van der Waals surface area (Å²) in [6.45, 7) is 10.00. The summed E-state index contributed by atoms with van der Waals surface area (Å²) in [6, 6.07) is 8.34. The van der Waals surface area contributed by atoms with E-state index in [2.05, 4.69) is 37.4 Å². The molecule has 0 spiro atoms. The van der Waals surface area contributed by atoms with Crippen molar-refractivity contribution in [2.45, 2.75) is 6.92 Å². The standard InChI is InChI=1S/C15H14/c1-4-8-14-12(5-2)11(3)13-9-6-7-10-15(13)14/h4-10H,2-3H2,1H3/b8-4-. The zero-order chi connectivity index (χ0) is 10.8. The molecule has 0 radical (unpaired) electrons. The maximum Gasteiger partial charge on any atom is -0.00993 e. The number of benzene rings is 1. The van der Waals surface area contributed by atoms with Crippen molar-refractivity contribution in [3.05, 3.63) is 72.4 Å². The van der Waals surface area contributed by atoms with Crippen LogP contribution in [0.1, 0.15) is 18.1 Å². The van der Waals surface area contributed by atoms with Crippen LogP contribution in [0.25, 0.3) is 11.1 Å². The molecule has 1 aliphatic carbocycles. The summed E-state index contributed by atoms with van der Waals surface area (Å²) >= 11 is 0. The summed E-state index contributed by atoms with van der Waals surface area (Å²) in [6.07, 6.45) is 6.06. The summed E-state index contributed by atoms with van der Waals surface area (Å²) < 4.78 is 0. The number of hydrogen-bond donors (Lipinski definition) is 0. The lowest BCUT2D eigenvalue weighted by Crippen LogP contribution is -1.80. The third kappa shape index (κ3) is 1.39. The highest BCUT2D eigenvalue weighted by atomic mass is 14.2. The average molecular weight is 194 g/mol. The van der Waals surface area contributed by atoms with Crippen LogP contribution in [0.4, 0.5) is 0 Å². The van der Waals surface area contributed by atoms with Crippen molar-refractivity contribution < 1.29 is 0 Å². The highest BCUT2D eigenvalue weighted by molar-refractivity contribution is 6.03. The van der Waals surface area contributed by atoms with E-state index in [9.17, 15) is 0 Å². The van der Waals surface area contributed by atoms with Gasteiger partial charge in [-0.15, -0.1) is 0 Å². The molecule has 0 unspecified atom stereocenters. The first-order chi connectivity index (χ1) is 7.29. The Labute approximate surface area is 91.0 Å². The van der Waals surface area contributed by atoms with Crippen LogP contribution in [0.5, 0.6) is 0 Å². The van der Waals surface area contributed by atoms with E-state index in [0.29, 0.717) is 0 Å². The van der Waals surface area contributed by atoms with E-state index in [-0.39, 0.29) is 0 Å². The van der Waals surface area contributed by atoms with E-state index < -0.39 is 0 Å². The normalized spacial score (nSPS) is 14.9. The van der Waals surface area contributed by atoms with Gasteiger partial charge in [-0.05, 0) is 34.8 Å². The van der Waals surface area contributed by atoms with Crippen LogP contribution >= 0.6 is 0 Å². The smallest absolute Gasteiger partial charge is 0.00993 e. The molecule has 0 N–H and O–H groups in total. The minimum atomic E-state index is 1.08. The largest absolute Gasteiger partial charge is 0.0984 e. The monoisotopic (exact) mass is 194 g/mol. The van der Waals surface area contributed by atoms with E-state index in [1.807, 2.05) is 25.1 Å². The molecule has 0 bridgehead atoms.